The summed E-state index contributed by atoms with van der Waals surface area (Å²) in [4.78, 5) is 26.5. The SMILES string of the molecule is CC(=O)c1cn(-c2ccc(F)cc2F)c2[nH]c(=S)c(F)cc2c1=O. The summed E-state index contributed by atoms with van der Waals surface area (Å²) in [5.41, 5.74) is -1.08. The highest BCUT2D eigenvalue weighted by molar-refractivity contribution is 7.71. The number of H-pyrrole nitrogens is 1. The minimum Gasteiger partial charge on any atom is -0.329 e. The van der Waals surface area contributed by atoms with Crippen LogP contribution in [-0.4, -0.2) is 15.3 Å². The minimum atomic E-state index is -0.918. The Kier molecular flexibility index (Phi) is 3.84. The summed E-state index contributed by atoms with van der Waals surface area (Å²) in [7, 11) is 0. The van der Waals surface area contributed by atoms with Crippen molar-refractivity contribution in [2.75, 3.05) is 0 Å². The Morgan fingerprint density at radius 3 is 2.50 bits per heavy atom. The standard InChI is InChI=1S/C16H9F3N2O2S/c1-7(22)10-6-21(13-3-2-8(17)4-11(13)18)15-9(14(10)23)5-12(19)16(24)20-15/h2-6H,1H3,(H,20,24). The number of carbonyl (C=O) groups is 1. The first kappa shape index (κ1) is 16.1. The van der Waals surface area contributed by atoms with Crippen LogP contribution in [0, 0.1) is 22.1 Å². The van der Waals surface area contributed by atoms with Gasteiger partial charge in [-0.3, -0.25) is 14.2 Å². The second-order valence-electron chi connectivity index (χ2n) is 5.10. The van der Waals surface area contributed by atoms with Crippen molar-refractivity contribution in [2.45, 2.75) is 6.92 Å². The van der Waals surface area contributed by atoms with Gasteiger partial charge in [0.2, 0.25) is 5.43 Å². The molecule has 0 aliphatic rings. The summed E-state index contributed by atoms with van der Waals surface area (Å²) in [5.74, 6) is -3.12. The van der Waals surface area contributed by atoms with Gasteiger partial charge >= 0.3 is 0 Å². The summed E-state index contributed by atoms with van der Waals surface area (Å²) in [6.45, 7) is 1.16. The molecule has 2 heterocycles. The fourth-order valence-electron chi connectivity index (χ4n) is 2.37. The largest absolute Gasteiger partial charge is 0.329 e. The number of nitrogens with zero attached hydrogens (tertiary/aromatic N) is 1. The van der Waals surface area contributed by atoms with Crippen molar-refractivity contribution in [1.29, 1.82) is 0 Å². The number of pyridine rings is 2. The lowest BCUT2D eigenvalue weighted by Crippen LogP contribution is -2.18. The van der Waals surface area contributed by atoms with E-state index in [9.17, 15) is 22.8 Å². The molecule has 1 aromatic carbocycles. The summed E-state index contributed by atoms with van der Waals surface area (Å²) < 4.78 is 41.9. The lowest BCUT2D eigenvalue weighted by atomic mass is 10.1. The van der Waals surface area contributed by atoms with Crippen molar-refractivity contribution < 1.29 is 18.0 Å². The summed E-state index contributed by atoms with van der Waals surface area (Å²) >= 11 is 4.80. The molecule has 0 bridgehead atoms. The summed E-state index contributed by atoms with van der Waals surface area (Å²) in [6, 6.07) is 3.71. The van der Waals surface area contributed by atoms with E-state index in [1.54, 1.807) is 0 Å². The molecule has 3 aromatic rings. The number of Topliss-reactive ketones (excluding diaryl/α,β-unsaturated/α-hetero) is 1. The number of ketones is 1. The van der Waals surface area contributed by atoms with Gasteiger partial charge in [0.15, 0.2) is 11.6 Å². The Balaban J connectivity index is 2.53. The lowest BCUT2D eigenvalue weighted by Gasteiger charge is -2.13. The molecule has 0 saturated heterocycles. The highest BCUT2D eigenvalue weighted by Gasteiger charge is 2.17. The molecule has 3 rings (SSSR count). The maximum atomic E-state index is 14.1. The minimum absolute atomic E-state index is 0.00177. The molecule has 24 heavy (non-hydrogen) atoms. The average molecular weight is 350 g/mol. The van der Waals surface area contributed by atoms with Gasteiger partial charge in [-0.2, -0.15) is 0 Å². The molecule has 122 valence electrons. The molecule has 0 aliphatic heterocycles. The van der Waals surface area contributed by atoms with Gasteiger partial charge in [-0.15, -0.1) is 0 Å². The highest BCUT2D eigenvalue weighted by atomic mass is 32.1. The van der Waals surface area contributed by atoms with Crippen LogP contribution in [0.4, 0.5) is 13.2 Å². The Labute approximate surface area is 138 Å². The van der Waals surface area contributed by atoms with E-state index < -0.39 is 28.7 Å². The van der Waals surface area contributed by atoms with Gasteiger partial charge in [-0.25, -0.2) is 13.2 Å². The third-order valence-corrected chi connectivity index (χ3v) is 3.81. The number of hydrogen-bond acceptors (Lipinski definition) is 3. The van der Waals surface area contributed by atoms with E-state index in [4.69, 9.17) is 12.2 Å². The molecule has 0 radical (unpaired) electrons. The van der Waals surface area contributed by atoms with E-state index in [2.05, 4.69) is 4.98 Å². The molecule has 0 amide bonds. The molecule has 0 atom stereocenters. The molecular weight excluding hydrogens is 341 g/mol. The fraction of sp³-hybridized carbons (Fsp3) is 0.0625. The number of rotatable bonds is 2. The van der Waals surface area contributed by atoms with Crippen LogP contribution in [-0.2, 0) is 0 Å². The number of halogens is 3. The van der Waals surface area contributed by atoms with Gasteiger partial charge in [0.25, 0.3) is 0 Å². The summed E-state index contributed by atoms with van der Waals surface area (Å²) in [5, 5.41) is -0.169. The molecule has 1 N–H and O–H groups in total. The van der Waals surface area contributed by atoms with Gasteiger partial charge in [-0.1, -0.05) is 12.2 Å². The monoisotopic (exact) mass is 350 g/mol. The van der Waals surface area contributed by atoms with Gasteiger partial charge < -0.3 is 4.98 Å². The predicted octanol–water partition coefficient (Wildman–Crippen LogP) is 3.67. The fourth-order valence-corrected chi connectivity index (χ4v) is 2.53. The maximum absolute atomic E-state index is 14.1. The van der Waals surface area contributed by atoms with Crippen molar-refractivity contribution in [1.82, 2.24) is 9.55 Å². The molecule has 0 spiro atoms. The van der Waals surface area contributed by atoms with Gasteiger partial charge in [0.1, 0.15) is 21.9 Å². The molecular formula is C16H9F3N2O2S. The molecule has 2 aromatic heterocycles. The van der Waals surface area contributed by atoms with E-state index in [1.165, 1.54) is 0 Å². The van der Waals surface area contributed by atoms with Crippen molar-refractivity contribution in [3.05, 3.63) is 68.3 Å². The van der Waals surface area contributed by atoms with Crippen LogP contribution >= 0.6 is 12.2 Å². The van der Waals surface area contributed by atoms with Crippen LogP contribution in [0.1, 0.15) is 17.3 Å². The predicted molar refractivity (Wildman–Crippen MR) is 84.6 cm³/mol. The Hall–Kier alpha value is -2.74. The molecule has 4 nitrogen and oxygen atoms in total. The number of nitrogens with one attached hydrogen (secondary N) is 1. The van der Waals surface area contributed by atoms with E-state index in [0.29, 0.717) is 6.07 Å². The van der Waals surface area contributed by atoms with E-state index in [-0.39, 0.29) is 26.9 Å². The average Bonchev–Trinajstić information content (AvgIpc) is 2.50. The van der Waals surface area contributed by atoms with Crippen molar-refractivity contribution in [3.63, 3.8) is 0 Å². The number of fused-ring (bicyclic) bond motifs is 1. The lowest BCUT2D eigenvalue weighted by molar-refractivity contribution is 0.101. The molecule has 0 unspecified atom stereocenters. The smallest absolute Gasteiger partial charge is 0.201 e. The quantitative estimate of drug-likeness (QED) is 0.567. The first-order valence-electron chi connectivity index (χ1n) is 6.74. The second kappa shape index (κ2) is 5.72. The first-order chi connectivity index (χ1) is 11.3. The third kappa shape index (κ3) is 2.54. The Bertz CT molecular complexity index is 1120. The number of aromatic amines is 1. The van der Waals surface area contributed by atoms with Crippen LogP contribution in [0.15, 0.2) is 35.3 Å². The van der Waals surface area contributed by atoms with Crippen LogP contribution in [0.3, 0.4) is 0 Å². The Morgan fingerprint density at radius 1 is 1.17 bits per heavy atom. The zero-order valence-electron chi connectivity index (χ0n) is 12.2. The molecule has 0 fully saturated rings. The van der Waals surface area contributed by atoms with E-state index in [1.807, 2.05) is 0 Å². The number of hydrogen-bond donors (Lipinski definition) is 1. The number of benzene rings is 1. The third-order valence-electron chi connectivity index (χ3n) is 3.51. The first-order valence-corrected chi connectivity index (χ1v) is 7.15. The van der Waals surface area contributed by atoms with Crippen LogP contribution < -0.4 is 5.43 Å². The zero-order chi connectivity index (χ0) is 17.6. The Morgan fingerprint density at radius 2 is 1.88 bits per heavy atom. The number of aromatic nitrogens is 2. The number of carbonyl (C=O) groups excluding carboxylic acids is 1. The van der Waals surface area contributed by atoms with Gasteiger partial charge in [-0.05, 0) is 25.1 Å². The van der Waals surface area contributed by atoms with Crippen molar-refractivity contribution in [2.24, 2.45) is 0 Å². The van der Waals surface area contributed by atoms with Gasteiger partial charge in [0.05, 0.1) is 16.6 Å². The highest BCUT2D eigenvalue weighted by Crippen LogP contribution is 2.20. The van der Waals surface area contributed by atoms with Gasteiger partial charge in [0, 0.05) is 12.3 Å². The van der Waals surface area contributed by atoms with Crippen LogP contribution in [0.2, 0.25) is 0 Å². The maximum Gasteiger partial charge on any atom is 0.201 e. The second-order valence-corrected chi connectivity index (χ2v) is 5.51. The topological polar surface area (TPSA) is 54.9 Å². The summed E-state index contributed by atoms with van der Waals surface area (Å²) in [6.07, 6.45) is 1.12. The van der Waals surface area contributed by atoms with E-state index >= 15 is 0 Å². The molecule has 0 aliphatic carbocycles. The normalized spacial score (nSPS) is 11.0. The zero-order valence-corrected chi connectivity index (χ0v) is 13.0. The van der Waals surface area contributed by atoms with Crippen LogP contribution in [0.5, 0.6) is 0 Å². The molecule has 0 saturated carbocycles. The van der Waals surface area contributed by atoms with Crippen LogP contribution in [0.25, 0.3) is 16.7 Å². The van der Waals surface area contributed by atoms with E-state index in [0.717, 1.165) is 35.9 Å². The van der Waals surface area contributed by atoms with Crippen molar-refractivity contribution in [3.8, 4) is 5.69 Å². The van der Waals surface area contributed by atoms with Crippen molar-refractivity contribution >= 4 is 29.0 Å². The molecule has 8 heteroatoms.